The third-order valence-electron chi connectivity index (χ3n) is 8.53. The topological polar surface area (TPSA) is 138 Å². The molecule has 1 aliphatic heterocycles. The van der Waals surface area contributed by atoms with E-state index >= 15 is 0 Å². The Morgan fingerprint density at radius 2 is 1.51 bits per heavy atom. The molecule has 2 amide bonds. The van der Waals surface area contributed by atoms with Crippen molar-refractivity contribution in [3.05, 3.63) is 149 Å². The van der Waals surface area contributed by atoms with Crippen molar-refractivity contribution in [2.45, 2.75) is 62.1 Å². The Balaban J connectivity index is 1.17. The molecule has 5 aromatic rings. The molecule has 49 heavy (non-hydrogen) atoms. The number of benzene rings is 4. The van der Waals surface area contributed by atoms with Gasteiger partial charge in [0.1, 0.15) is 6.33 Å². The lowest BCUT2D eigenvalue weighted by Crippen LogP contribution is -2.46. The van der Waals surface area contributed by atoms with Crippen LogP contribution in [0.1, 0.15) is 58.6 Å². The van der Waals surface area contributed by atoms with Crippen molar-refractivity contribution in [3.8, 4) is 0 Å². The van der Waals surface area contributed by atoms with Gasteiger partial charge in [-0.05, 0) is 41.2 Å². The minimum absolute atomic E-state index is 0.0377. The Labute approximate surface area is 289 Å². The summed E-state index contributed by atoms with van der Waals surface area (Å²) in [7, 11) is 0. The summed E-state index contributed by atoms with van der Waals surface area (Å²) >= 11 is 1.54. The number of hydrogen-bond donors (Lipinski definition) is 4. The summed E-state index contributed by atoms with van der Waals surface area (Å²) in [6.07, 6.45) is 0.651. The second-order valence-corrected chi connectivity index (χ2v) is 12.9. The first-order chi connectivity index (χ1) is 24.0. The van der Waals surface area contributed by atoms with Gasteiger partial charge in [-0.15, -0.1) is 0 Å². The van der Waals surface area contributed by atoms with Crippen LogP contribution < -0.4 is 10.6 Å². The van der Waals surface area contributed by atoms with Crippen LogP contribution in [-0.2, 0) is 33.8 Å². The highest BCUT2D eigenvalue weighted by Gasteiger charge is 2.42. The number of nitrogens with one attached hydrogen (secondary N) is 3. The maximum absolute atomic E-state index is 12.7. The Bertz CT molecular complexity index is 1770. The Morgan fingerprint density at radius 1 is 0.837 bits per heavy atom. The second kappa shape index (κ2) is 16.5. The number of urea groups is 1. The number of aromatic nitrogens is 3. The third-order valence-corrected chi connectivity index (χ3v) is 9.50. The smallest absolute Gasteiger partial charge is 0.315 e. The van der Waals surface area contributed by atoms with E-state index in [-0.39, 0.29) is 37.1 Å². The first kappa shape index (κ1) is 34.1. The lowest BCUT2D eigenvalue weighted by molar-refractivity contribution is -0.255. The van der Waals surface area contributed by atoms with E-state index < -0.39 is 18.4 Å². The monoisotopic (exact) mass is 677 g/mol. The van der Waals surface area contributed by atoms with Crippen molar-refractivity contribution in [1.29, 1.82) is 0 Å². The van der Waals surface area contributed by atoms with Crippen LogP contribution in [-0.4, -0.2) is 50.0 Å². The summed E-state index contributed by atoms with van der Waals surface area (Å²) in [6, 6.07) is 34.4. The van der Waals surface area contributed by atoms with Crippen molar-refractivity contribution in [2.75, 3.05) is 5.75 Å². The van der Waals surface area contributed by atoms with Gasteiger partial charge in [-0.1, -0.05) is 121 Å². The predicted molar refractivity (Wildman–Crippen MR) is 187 cm³/mol. The molecule has 0 saturated carbocycles. The van der Waals surface area contributed by atoms with Crippen molar-refractivity contribution >= 4 is 23.6 Å². The molecule has 0 bridgehead atoms. The van der Waals surface area contributed by atoms with Gasteiger partial charge in [0, 0.05) is 23.8 Å². The zero-order valence-electron chi connectivity index (χ0n) is 27.1. The number of Topliss-reactive ketones (excluding diaryl/α,β-unsaturated/α-hetero) is 1. The summed E-state index contributed by atoms with van der Waals surface area (Å²) in [5, 5.41) is 23.0. The van der Waals surface area contributed by atoms with Crippen molar-refractivity contribution in [2.24, 2.45) is 0 Å². The number of aromatic amines is 1. The largest absolute Gasteiger partial charge is 0.392 e. The fourth-order valence-electron chi connectivity index (χ4n) is 5.91. The van der Waals surface area contributed by atoms with Gasteiger partial charge in [0.2, 0.25) is 0 Å². The number of H-pyrrole nitrogens is 1. The van der Waals surface area contributed by atoms with E-state index in [0.717, 1.165) is 33.4 Å². The average Bonchev–Trinajstić information content (AvgIpc) is 3.67. The van der Waals surface area contributed by atoms with Crippen LogP contribution in [0, 0.1) is 0 Å². The number of ketones is 1. The SMILES string of the molecule is CC(=O)C(Cc1ccccc1)NC(=O)NCc1ccc(C2OC(CSc3ncn[nH]3)C(c3ccccc3)C(c3ccc(CO)cc3)O2)cc1. The number of nitrogens with zero attached hydrogens (tertiary/aromatic N) is 2. The molecule has 5 atom stereocenters. The fourth-order valence-corrected chi connectivity index (χ4v) is 6.75. The minimum atomic E-state index is -0.664. The van der Waals surface area contributed by atoms with E-state index in [1.54, 1.807) is 11.8 Å². The summed E-state index contributed by atoms with van der Waals surface area (Å²) in [4.78, 5) is 29.3. The molecule has 252 valence electrons. The van der Waals surface area contributed by atoms with Gasteiger partial charge in [-0.2, -0.15) is 5.10 Å². The molecule has 1 aromatic heterocycles. The van der Waals surface area contributed by atoms with Crippen molar-refractivity contribution in [3.63, 3.8) is 0 Å². The third kappa shape index (κ3) is 9.01. The number of rotatable bonds is 13. The first-order valence-corrected chi connectivity index (χ1v) is 17.2. The van der Waals surface area contributed by atoms with Gasteiger partial charge in [-0.25, -0.2) is 9.78 Å². The molecule has 0 radical (unpaired) electrons. The molecule has 4 N–H and O–H groups in total. The number of thioether (sulfide) groups is 1. The van der Waals surface area contributed by atoms with E-state index in [2.05, 4.69) is 37.9 Å². The summed E-state index contributed by atoms with van der Waals surface area (Å²) < 4.78 is 13.5. The minimum Gasteiger partial charge on any atom is -0.392 e. The van der Waals surface area contributed by atoms with E-state index in [4.69, 9.17) is 9.47 Å². The van der Waals surface area contributed by atoms with Crippen molar-refractivity contribution < 1.29 is 24.2 Å². The number of ether oxygens (including phenoxy) is 2. The first-order valence-electron chi connectivity index (χ1n) is 16.2. The van der Waals surface area contributed by atoms with Crippen LogP contribution in [0.2, 0.25) is 0 Å². The highest BCUT2D eigenvalue weighted by atomic mass is 32.2. The van der Waals surface area contributed by atoms with Crippen LogP contribution in [0.5, 0.6) is 0 Å². The molecule has 0 spiro atoms. The molecule has 0 aliphatic carbocycles. The molecule has 10 nitrogen and oxygen atoms in total. The maximum atomic E-state index is 12.7. The van der Waals surface area contributed by atoms with E-state index in [0.29, 0.717) is 17.3 Å². The average molecular weight is 678 g/mol. The van der Waals surface area contributed by atoms with Crippen LogP contribution >= 0.6 is 11.8 Å². The Kier molecular flexibility index (Phi) is 11.5. The van der Waals surface area contributed by atoms with Gasteiger partial charge in [0.05, 0.1) is 24.9 Å². The van der Waals surface area contributed by atoms with Gasteiger partial charge in [-0.3, -0.25) is 9.89 Å². The normalized spacial score (nSPS) is 19.6. The Morgan fingerprint density at radius 3 is 2.16 bits per heavy atom. The molecule has 1 saturated heterocycles. The van der Waals surface area contributed by atoms with Gasteiger partial charge < -0.3 is 25.2 Å². The number of carbonyl (C=O) groups excluding carboxylic acids is 2. The number of hydrogen-bond acceptors (Lipinski definition) is 8. The van der Waals surface area contributed by atoms with Gasteiger partial charge >= 0.3 is 6.03 Å². The lowest BCUT2D eigenvalue weighted by Gasteiger charge is -2.43. The quantitative estimate of drug-likeness (QED) is 0.111. The zero-order chi connectivity index (χ0) is 34.0. The van der Waals surface area contributed by atoms with E-state index in [1.165, 1.54) is 13.3 Å². The molecule has 1 fully saturated rings. The lowest BCUT2D eigenvalue weighted by atomic mass is 9.84. The van der Waals surface area contributed by atoms with Crippen LogP contribution in [0.4, 0.5) is 4.79 Å². The van der Waals surface area contributed by atoms with Crippen LogP contribution in [0.15, 0.2) is 121 Å². The molecule has 2 heterocycles. The van der Waals surface area contributed by atoms with Crippen LogP contribution in [0.25, 0.3) is 0 Å². The molecule has 5 unspecified atom stereocenters. The number of aliphatic hydroxyl groups is 1. The molecular formula is C38H39N5O5S. The number of carbonyl (C=O) groups is 2. The van der Waals surface area contributed by atoms with Gasteiger partial charge in [0.25, 0.3) is 0 Å². The fraction of sp³-hybridized carbons (Fsp3) is 0.263. The highest BCUT2D eigenvalue weighted by Crippen LogP contribution is 2.47. The van der Waals surface area contributed by atoms with Crippen LogP contribution in [0.3, 0.4) is 0 Å². The summed E-state index contributed by atoms with van der Waals surface area (Å²) in [5.74, 6) is 0.365. The molecule has 6 rings (SSSR count). The molecular weight excluding hydrogens is 639 g/mol. The molecule has 11 heteroatoms. The molecule has 1 aliphatic rings. The van der Waals surface area contributed by atoms with Crippen molar-refractivity contribution in [1.82, 2.24) is 25.8 Å². The predicted octanol–water partition coefficient (Wildman–Crippen LogP) is 6.03. The number of amides is 2. The molecule has 4 aromatic carbocycles. The number of aliphatic hydroxyl groups excluding tert-OH is 1. The Hall–Kier alpha value is -4.81. The summed E-state index contributed by atoms with van der Waals surface area (Å²) in [6.45, 7) is 1.72. The highest BCUT2D eigenvalue weighted by molar-refractivity contribution is 7.99. The van der Waals surface area contributed by atoms with Gasteiger partial charge in [0.15, 0.2) is 17.2 Å². The maximum Gasteiger partial charge on any atom is 0.315 e. The standard InChI is InChI=1S/C38H39N5O5S/c1-25(45)32(20-26-8-4-2-5-9-26)42-37(46)39-21-27-12-18-31(19-13-27)36-47-33(23-49-38-40-24-41-43-38)34(29-10-6-3-7-11-29)35(48-36)30-16-14-28(22-44)15-17-30/h2-19,24,32-36,44H,20-23H2,1H3,(H2,39,42,46)(H,40,41,43). The summed E-state index contributed by atoms with van der Waals surface area (Å²) in [5.41, 5.74) is 5.60. The second-order valence-electron chi connectivity index (χ2n) is 11.9. The van der Waals surface area contributed by atoms with E-state index in [1.807, 2.05) is 97.1 Å². The zero-order valence-corrected chi connectivity index (χ0v) is 27.9. The van der Waals surface area contributed by atoms with E-state index in [9.17, 15) is 14.7 Å².